The van der Waals surface area contributed by atoms with E-state index in [0.717, 1.165) is 0 Å². The Morgan fingerprint density at radius 1 is 0.967 bits per heavy atom. The normalized spacial score (nSPS) is 11.6. The fraction of sp³-hybridized carbons (Fsp3) is 0.0870. The number of hydrogen-bond acceptors (Lipinski definition) is 5. The van der Waals surface area contributed by atoms with Crippen molar-refractivity contribution in [2.45, 2.75) is 12.5 Å². The van der Waals surface area contributed by atoms with Crippen molar-refractivity contribution < 1.29 is 14.0 Å². The van der Waals surface area contributed by atoms with Crippen LogP contribution in [0.2, 0.25) is 0 Å². The molecule has 2 amide bonds. The van der Waals surface area contributed by atoms with E-state index < -0.39 is 6.04 Å². The first kappa shape index (κ1) is 19.6. The van der Waals surface area contributed by atoms with Gasteiger partial charge in [0, 0.05) is 11.1 Å². The molecule has 2 heterocycles. The molecule has 1 unspecified atom stereocenters. The van der Waals surface area contributed by atoms with Crippen molar-refractivity contribution in [1.29, 1.82) is 0 Å². The van der Waals surface area contributed by atoms with Gasteiger partial charge in [0.25, 0.3) is 5.91 Å². The summed E-state index contributed by atoms with van der Waals surface area (Å²) in [5.74, 6) is 0.0646. The van der Waals surface area contributed by atoms with Crippen molar-refractivity contribution in [2.24, 2.45) is 0 Å². The van der Waals surface area contributed by atoms with Gasteiger partial charge in [0.05, 0.1) is 18.4 Å². The highest BCUT2D eigenvalue weighted by atomic mass is 32.1. The van der Waals surface area contributed by atoms with Crippen LogP contribution in [0.4, 0.5) is 5.69 Å². The van der Waals surface area contributed by atoms with E-state index in [2.05, 4.69) is 15.6 Å². The maximum atomic E-state index is 12.9. The lowest BCUT2D eigenvalue weighted by Gasteiger charge is -2.19. The predicted octanol–water partition coefficient (Wildman–Crippen LogP) is 4.44. The molecule has 0 aliphatic carbocycles. The molecule has 4 aromatic rings. The van der Waals surface area contributed by atoms with E-state index in [4.69, 9.17) is 4.42 Å². The van der Waals surface area contributed by atoms with Crippen molar-refractivity contribution in [3.63, 3.8) is 0 Å². The molecular weight excluding hydrogens is 398 g/mol. The van der Waals surface area contributed by atoms with Crippen molar-refractivity contribution >= 4 is 28.8 Å². The fourth-order valence-electron chi connectivity index (χ4n) is 2.96. The molecule has 0 spiro atoms. The summed E-state index contributed by atoms with van der Waals surface area (Å²) < 4.78 is 5.34. The number of furan rings is 1. The van der Waals surface area contributed by atoms with E-state index in [9.17, 15) is 9.59 Å². The van der Waals surface area contributed by atoms with E-state index in [1.54, 1.807) is 24.5 Å². The second kappa shape index (κ2) is 9.19. The summed E-state index contributed by atoms with van der Waals surface area (Å²) in [6, 6.07) is 21.1. The van der Waals surface area contributed by atoms with Crippen LogP contribution in [0.25, 0.3) is 10.8 Å². The van der Waals surface area contributed by atoms with Gasteiger partial charge < -0.3 is 15.1 Å². The quantitative estimate of drug-likeness (QED) is 0.466. The van der Waals surface area contributed by atoms with Crippen LogP contribution in [0.5, 0.6) is 0 Å². The zero-order valence-corrected chi connectivity index (χ0v) is 16.8. The molecule has 1 atom stereocenters. The topological polar surface area (TPSA) is 84.2 Å². The molecule has 0 radical (unpaired) electrons. The minimum Gasteiger partial charge on any atom is -0.462 e. The van der Waals surface area contributed by atoms with Crippen LogP contribution in [0.1, 0.15) is 17.3 Å². The third-order valence-corrected chi connectivity index (χ3v) is 5.27. The third-order valence-electron chi connectivity index (χ3n) is 4.37. The van der Waals surface area contributed by atoms with Crippen LogP contribution in [0.15, 0.2) is 88.9 Å². The molecule has 4 rings (SSSR count). The highest BCUT2D eigenvalue weighted by Crippen LogP contribution is 2.24. The number of hydrogen-bond donors (Lipinski definition) is 2. The Bertz CT molecular complexity index is 1110. The van der Waals surface area contributed by atoms with Gasteiger partial charge in [-0.2, -0.15) is 0 Å². The standard InChI is InChI=1S/C23H19N3O3S/c27-20(14-18-15-30-23(25-18)19-12-7-13-29-19)26-21(16-8-3-1-4-9-16)22(28)24-17-10-5-2-6-11-17/h1-13,15,21H,14H2,(H,24,28)(H,26,27). The number of aromatic nitrogens is 1. The molecule has 30 heavy (non-hydrogen) atoms. The molecule has 0 fully saturated rings. The fourth-order valence-corrected chi connectivity index (χ4v) is 3.75. The number of benzene rings is 2. The lowest BCUT2D eigenvalue weighted by atomic mass is 10.1. The number of rotatable bonds is 7. The molecule has 0 bridgehead atoms. The minimum absolute atomic E-state index is 0.0686. The number of carbonyl (C=O) groups is 2. The lowest BCUT2D eigenvalue weighted by Crippen LogP contribution is -2.37. The molecule has 0 aliphatic heterocycles. The van der Waals surface area contributed by atoms with Crippen LogP contribution >= 0.6 is 11.3 Å². The first-order chi connectivity index (χ1) is 14.7. The van der Waals surface area contributed by atoms with Gasteiger partial charge in [-0.3, -0.25) is 9.59 Å². The molecule has 2 N–H and O–H groups in total. The van der Waals surface area contributed by atoms with E-state index >= 15 is 0 Å². The first-order valence-corrected chi connectivity index (χ1v) is 10.3. The van der Waals surface area contributed by atoms with E-state index in [1.807, 2.05) is 60.0 Å². The summed E-state index contributed by atoms with van der Waals surface area (Å²) in [4.78, 5) is 30.1. The number of thiazole rings is 1. The zero-order valence-electron chi connectivity index (χ0n) is 15.9. The number of para-hydroxylation sites is 1. The predicted molar refractivity (Wildman–Crippen MR) is 116 cm³/mol. The summed E-state index contributed by atoms with van der Waals surface area (Å²) in [6.45, 7) is 0. The highest BCUT2D eigenvalue weighted by Gasteiger charge is 2.23. The van der Waals surface area contributed by atoms with Crippen molar-refractivity contribution in [3.05, 3.63) is 95.7 Å². The van der Waals surface area contributed by atoms with Gasteiger partial charge in [-0.1, -0.05) is 48.5 Å². The van der Waals surface area contributed by atoms with Gasteiger partial charge in [0.15, 0.2) is 10.8 Å². The lowest BCUT2D eigenvalue weighted by molar-refractivity contribution is -0.126. The van der Waals surface area contributed by atoms with Crippen LogP contribution in [-0.2, 0) is 16.0 Å². The third kappa shape index (κ3) is 4.82. The van der Waals surface area contributed by atoms with E-state index in [1.165, 1.54) is 11.3 Å². The van der Waals surface area contributed by atoms with Crippen LogP contribution in [-0.4, -0.2) is 16.8 Å². The summed E-state index contributed by atoms with van der Waals surface area (Å²) in [6.07, 6.45) is 1.65. The average Bonchev–Trinajstić information content (AvgIpc) is 3.45. The number of nitrogens with one attached hydrogen (secondary N) is 2. The van der Waals surface area contributed by atoms with Gasteiger partial charge >= 0.3 is 0 Å². The summed E-state index contributed by atoms with van der Waals surface area (Å²) >= 11 is 1.41. The highest BCUT2D eigenvalue weighted by molar-refractivity contribution is 7.13. The van der Waals surface area contributed by atoms with Gasteiger partial charge in [-0.25, -0.2) is 4.98 Å². The van der Waals surface area contributed by atoms with Gasteiger partial charge in [-0.15, -0.1) is 11.3 Å². The van der Waals surface area contributed by atoms with Gasteiger partial charge in [-0.05, 0) is 29.8 Å². The summed E-state index contributed by atoms with van der Waals surface area (Å²) in [5.41, 5.74) is 1.99. The Labute approximate surface area is 177 Å². The van der Waals surface area contributed by atoms with Crippen LogP contribution in [0, 0.1) is 0 Å². The molecule has 0 saturated carbocycles. The molecule has 150 valence electrons. The molecular formula is C23H19N3O3S. The molecule has 0 saturated heterocycles. The Kier molecular flexibility index (Phi) is 6.01. The Hall–Kier alpha value is -3.71. The average molecular weight is 417 g/mol. The molecule has 2 aromatic carbocycles. The van der Waals surface area contributed by atoms with Crippen molar-refractivity contribution in [3.8, 4) is 10.8 Å². The largest absolute Gasteiger partial charge is 0.462 e. The zero-order chi connectivity index (χ0) is 20.8. The van der Waals surface area contributed by atoms with Crippen LogP contribution in [0.3, 0.4) is 0 Å². The second-order valence-electron chi connectivity index (χ2n) is 6.56. The molecule has 2 aromatic heterocycles. The van der Waals surface area contributed by atoms with Crippen molar-refractivity contribution in [2.75, 3.05) is 5.32 Å². The SMILES string of the molecule is O=C(Cc1csc(-c2ccco2)n1)NC(C(=O)Nc1ccccc1)c1ccccc1. The number of anilines is 1. The number of carbonyl (C=O) groups excluding carboxylic acids is 2. The van der Waals surface area contributed by atoms with Crippen molar-refractivity contribution in [1.82, 2.24) is 10.3 Å². The Balaban J connectivity index is 1.47. The monoisotopic (exact) mass is 417 g/mol. The molecule has 7 heteroatoms. The summed E-state index contributed by atoms with van der Waals surface area (Å²) in [7, 11) is 0. The van der Waals surface area contributed by atoms with E-state index in [-0.39, 0.29) is 18.2 Å². The molecule has 0 aliphatic rings. The van der Waals surface area contributed by atoms with E-state index in [0.29, 0.717) is 27.7 Å². The number of nitrogens with zero attached hydrogens (tertiary/aromatic N) is 1. The smallest absolute Gasteiger partial charge is 0.251 e. The Morgan fingerprint density at radius 2 is 1.70 bits per heavy atom. The maximum Gasteiger partial charge on any atom is 0.251 e. The maximum absolute atomic E-state index is 12.9. The Morgan fingerprint density at radius 3 is 2.40 bits per heavy atom. The number of amides is 2. The second-order valence-corrected chi connectivity index (χ2v) is 7.42. The van der Waals surface area contributed by atoms with Gasteiger partial charge in [0.1, 0.15) is 6.04 Å². The van der Waals surface area contributed by atoms with Crippen LogP contribution < -0.4 is 10.6 Å². The molecule has 6 nitrogen and oxygen atoms in total. The first-order valence-electron chi connectivity index (χ1n) is 9.37. The summed E-state index contributed by atoms with van der Waals surface area (Å²) in [5, 5.41) is 8.22. The minimum atomic E-state index is -0.818. The van der Waals surface area contributed by atoms with Gasteiger partial charge in [0.2, 0.25) is 5.91 Å².